The minimum absolute atomic E-state index is 0.111. The van der Waals surface area contributed by atoms with E-state index >= 15 is 0 Å². The molecule has 1 aliphatic carbocycles. The van der Waals surface area contributed by atoms with Gasteiger partial charge in [-0.25, -0.2) is 4.98 Å². The maximum Gasteiger partial charge on any atom is 0.124 e. The molecule has 0 saturated heterocycles. The summed E-state index contributed by atoms with van der Waals surface area (Å²) in [6.07, 6.45) is 9.02. The van der Waals surface area contributed by atoms with Crippen molar-refractivity contribution in [1.29, 1.82) is 0 Å². The van der Waals surface area contributed by atoms with Crippen LogP contribution in [0.25, 0.3) is 0 Å². The van der Waals surface area contributed by atoms with Crippen LogP contribution in [0.1, 0.15) is 43.8 Å². The van der Waals surface area contributed by atoms with E-state index in [1.165, 1.54) is 6.42 Å². The Bertz CT molecular complexity index is 577. The van der Waals surface area contributed by atoms with Gasteiger partial charge in [0.15, 0.2) is 0 Å². The Morgan fingerprint density at radius 3 is 2.71 bits per heavy atom. The number of imidazole rings is 1. The van der Waals surface area contributed by atoms with Crippen LogP contribution in [0.15, 0.2) is 36.9 Å². The minimum Gasteiger partial charge on any atom is -0.507 e. The zero-order valence-corrected chi connectivity index (χ0v) is 12.1. The van der Waals surface area contributed by atoms with E-state index in [1.807, 2.05) is 19.4 Å². The number of hydrogen-bond acceptors (Lipinski definition) is 4. The van der Waals surface area contributed by atoms with Gasteiger partial charge in [-0.15, -0.1) is 0 Å². The average Bonchev–Trinajstić information content (AvgIpc) is 3.08. The zero-order valence-electron chi connectivity index (χ0n) is 12.1. The summed E-state index contributed by atoms with van der Waals surface area (Å²) < 4.78 is 2.14. The molecule has 0 bridgehead atoms. The largest absolute Gasteiger partial charge is 0.507 e. The van der Waals surface area contributed by atoms with Crippen LogP contribution in [-0.4, -0.2) is 25.8 Å². The predicted octanol–water partition coefficient (Wildman–Crippen LogP) is 2.74. The van der Waals surface area contributed by atoms with Crippen molar-refractivity contribution in [3.05, 3.63) is 42.5 Å². The second-order valence-electron chi connectivity index (χ2n) is 5.71. The van der Waals surface area contributed by atoms with Crippen LogP contribution in [0.5, 0.6) is 11.5 Å². The molecule has 1 aromatic carbocycles. The van der Waals surface area contributed by atoms with Gasteiger partial charge in [0.2, 0.25) is 0 Å². The van der Waals surface area contributed by atoms with Crippen molar-refractivity contribution in [3.63, 3.8) is 0 Å². The lowest BCUT2D eigenvalue weighted by Crippen LogP contribution is -2.35. The molecule has 1 saturated carbocycles. The molecule has 5 heteroatoms. The molecule has 0 aliphatic heterocycles. The molecular weight excluding hydrogens is 266 g/mol. The third-order valence-electron chi connectivity index (χ3n) is 4.34. The molecule has 0 spiro atoms. The number of aromatic hydroxyl groups is 2. The van der Waals surface area contributed by atoms with E-state index in [4.69, 9.17) is 0 Å². The van der Waals surface area contributed by atoms with Crippen LogP contribution in [0.4, 0.5) is 0 Å². The predicted molar refractivity (Wildman–Crippen MR) is 80.2 cm³/mol. The van der Waals surface area contributed by atoms with Gasteiger partial charge in [-0.3, -0.25) is 0 Å². The number of phenolic OH excluding ortho intramolecular Hbond substituents is 2. The Hall–Kier alpha value is -2.01. The van der Waals surface area contributed by atoms with E-state index in [1.54, 1.807) is 24.4 Å². The van der Waals surface area contributed by atoms with Crippen LogP contribution < -0.4 is 5.32 Å². The van der Waals surface area contributed by atoms with Gasteiger partial charge in [-0.1, -0.05) is 6.07 Å². The van der Waals surface area contributed by atoms with Crippen LogP contribution in [0.3, 0.4) is 0 Å². The summed E-state index contributed by atoms with van der Waals surface area (Å²) in [5.74, 6) is 0.263. The van der Waals surface area contributed by atoms with Gasteiger partial charge in [-0.2, -0.15) is 0 Å². The summed E-state index contributed by atoms with van der Waals surface area (Å²) in [6.45, 7) is 1.97. The van der Waals surface area contributed by atoms with Gasteiger partial charge in [0, 0.05) is 30.5 Å². The van der Waals surface area contributed by atoms with Crippen molar-refractivity contribution in [1.82, 2.24) is 14.9 Å². The van der Waals surface area contributed by atoms with E-state index in [2.05, 4.69) is 14.9 Å². The molecule has 21 heavy (non-hydrogen) atoms. The van der Waals surface area contributed by atoms with E-state index in [0.29, 0.717) is 17.6 Å². The Balaban J connectivity index is 1.76. The molecule has 1 aromatic heterocycles. The van der Waals surface area contributed by atoms with Crippen LogP contribution in [-0.2, 0) is 0 Å². The van der Waals surface area contributed by atoms with E-state index in [0.717, 1.165) is 12.8 Å². The Morgan fingerprint density at radius 2 is 2.05 bits per heavy atom. The lowest BCUT2D eigenvalue weighted by atomic mass is 10.0. The summed E-state index contributed by atoms with van der Waals surface area (Å²) in [7, 11) is 0. The molecule has 5 nitrogen and oxygen atoms in total. The number of nitrogens with one attached hydrogen (secondary N) is 1. The molecule has 3 N–H and O–H groups in total. The Kier molecular flexibility index (Phi) is 3.84. The summed E-state index contributed by atoms with van der Waals surface area (Å²) >= 11 is 0. The van der Waals surface area contributed by atoms with Gasteiger partial charge in [0.05, 0.1) is 11.9 Å². The molecule has 3 rings (SSSR count). The molecule has 2 aromatic rings. The lowest BCUT2D eigenvalue weighted by molar-refractivity contribution is 0.348. The molecular formula is C16H21N3O2. The van der Waals surface area contributed by atoms with Crippen molar-refractivity contribution < 1.29 is 10.2 Å². The van der Waals surface area contributed by atoms with Gasteiger partial charge in [-0.05, 0) is 38.3 Å². The monoisotopic (exact) mass is 287 g/mol. The molecule has 0 amide bonds. The van der Waals surface area contributed by atoms with E-state index in [-0.39, 0.29) is 17.5 Å². The molecule has 1 aliphatic rings. The number of benzene rings is 1. The fourth-order valence-electron chi connectivity index (χ4n) is 3.35. The normalized spacial score (nSPS) is 23.3. The first-order valence-electron chi connectivity index (χ1n) is 7.41. The summed E-state index contributed by atoms with van der Waals surface area (Å²) in [5.41, 5.74) is 0.564. The van der Waals surface area contributed by atoms with Gasteiger partial charge in [0.1, 0.15) is 11.5 Å². The van der Waals surface area contributed by atoms with Gasteiger partial charge >= 0.3 is 0 Å². The number of phenols is 2. The van der Waals surface area contributed by atoms with Gasteiger partial charge in [0.25, 0.3) is 0 Å². The number of aromatic nitrogens is 2. The molecule has 1 fully saturated rings. The average molecular weight is 287 g/mol. The molecule has 1 heterocycles. The van der Waals surface area contributed by atoms with Crippen molar-refractivity contribution in [3.8, 4) is 11.5 Å². The van der Waals surface area contributed by atoms with Crippen molar-refractivity contribution in [2.75, 3.05) is 0 Å². The van der Waals surface area contributed by atoms with Crippen LogP contribution >= 0.6 is 0 Å². The Labute approximate surface area is 124 Å². The van der Waals surface area contributed by atoms with Gasteiger partial charge < -0.3 is 20.1 Å². The van der Waals surface area contributed by atoms with E-state index < -0.39 is 0 Å². The highest BCUT2D eigenvalue weighted by Gasteiger charge is 2.30. The highest BCUT2D eigenvalue weighted by atomic mass is 16.3. The minimum atomic E-state index is -0.111. The maximum absolute atomic E-state index is 9.97. The van der Waals surface area contributed by atoms with E-state index in [9.17, 15) is 10.2 Å². The second kappa shape index (κ2) is 5.77. The third-order valence-corrected chi connectivity index (χ3v) is 4.34. The maximum atomic E-state index is 9.97. The second-order valence-corrected chi connectivity index (χ2v) is 5.71. The first kappa shape index (κ1) is 13.9. The number of rotatable bonds is 4. The highest BCUT2D eigenvalue weighted by Crippen LogP contribution is 2.36. The topological polar surface area (TPSA) is 70.3 Å². The first-order valence-corrected chi connectivity index (χ1v) is 7.41. The highest BCUT2D eigenvalue weighted by molar-refractivity contribution is 5.45. The SMILES string of the molecule is CC(NC1CCCC1n1ccnc1)c1c(O)cccc1O. The lowest BCUT2D eigenvalue weighted by Gasteiger charge is -2.26. The zero-order chi connectivity index (χ0) is 14.8. The smallest absolute Gasteiger partial charge is 0.124 e. The standard InChI is InChI=1S/C16H21N3O2/c1-11(16-14(20)6-3-7-15(16)21)18-12-4-2-5-13(12)19-9-8-17-10-19/h3,6-13,18,20-21H,2,4-5H2,1H3. The fourth-order valence-corrected chi connectivity index (χ4v) is 3.35. The first-order chi connectivity index (χ1) is 10.2. The van der Waals surface area contributed by atoms with Crippen LogP contribution in [0.2, 0.25) is 0 Å². The van der Waals surface area contributed by atoms with Crippen molar-refractivity contribution in [2.24, 2.45) is 0 Å². The summed E-state index contributed by atoms with van der Waals surface area (Å²) in [6, 6.07) is 5.44. The Morgan fingerprint density at radius 1 is 1.29 bits per heavy atom. The van der Waals surface area contributed by atoms with Crippen LogP contribution in [0, 0.1) is 0 Å². The number of nitrogens with zero attached hydrogens (tertiary/aromatic N) is 2. The molecule has 3 unspecified atom stereocenters. The molecule has 0 radical (unpaired) electrons. The quantitative estimate of drug-likeness (QED) is 0.808. The molecule has 3 atom stereocenters. The fraction of sp³-hybridized carbons (Fsp3) is 0.438. The summed E-state index contributed by atoms with van der Waals surface area (Å²) in [4.78, 5) is 4.12. The van der Waals surface area contributed by atoms with Crippen molar-refractivity contribution in [2.45, 2.75) is 44.3 Å². The van der Waals surface area contributed by atoms with Crippen molar-refractivity contribution >= 4 is 0 Å². The number of hydrogen-bond donors (Lipinski definition) is 3. The third kappa shape index (κ3) is 2.74. The molecule has 112 valence electrons. The summed E-state index contributed by atoms with van der Waals surface area (Å²) in [5, 5.41) is 23.5.